The summed E-state index contributed by atoms with van der Waals surface area (Å²) >= 11 is 0. The molecule has 0 bridgehead atoms. The van der Waals surface area contributed by atoms with E-state index in [-0.39, 0.29) is 12.2 Å². The SMILES string of the molecule is Cc1ccc(Cn2c(-c3ccc(-c4ccc5[nH]ccc5c4)cc3)cc(C(F)(F)F)cc2=O)c(C)c1. The summed E-state index contributed by atoms with van der Waals surface area (Å²) in [6.45, 7) is 4.10. The third kappa shape index (κ3) is 4.52. The van der Waals surface area contributed by atoms with Gasteiger partial charge >= 0.3 is 6.18 Å². The average molecular weight is 473 g/mol. The van der Waals surface area contributed by atoms with E-state index in [1.807, 2.05) is 68.6 Å². The molecule has 6 heteroatoms. The molecule has 0 radical (unpaired) electrons. The van der Waals surface area contributed by atoms with Crippen LogP contribution in [0.25, 0.3) is 33.3 Å². The highest BCUT2D eigenvalue weighted by atomic mass is 19.4. The molecule has 0 atom stereocenters. The van der Waals surface area contributed by atoms with E-state index in [0.29, 0.717) is 11.6 Å². The number of fused-ring (bicyclic) bond motifs is 1. The molecule has 5 aromatic rings. The monoisotopic (exact) mass is 472 g/mol. The smallest absolute Gasteiger partial charge is 0.361 e. The van der Waals surface area contributed by atoms with Crippen molar-refractivity contribution in [3.05, 3.63) is 118 Å². The number of hydrogen-bond donors (Lipinski definition) is 1. The maximum absolute atomic E-state index is 13.6. The highest BCUT2D eigenvalue weighted by Crippen LogP contribution is 2.33. The van der Waals surface area contributed by atoms with Crippen molar-refractivity contribution in [1.82, 2.24) is 9.55 Å². The minimum absolute atomic E-state index is 0.185. The van der Waals surface area contributed by atoms with Gasteiger partial charge in [-0.25, -0.2) is 0 Å². The number of halogens is 3. The lowest BCUT2D eigenvalue weighted by Crippen LogP contribution is -2.24. The van der Waals surface area contributed by atoms with E-state index in [0.717, 1.165) is 44.8 Å². The Balaban J connectivity index is 1.59. The summed E-state index contributed by atoms with van der Waals surface area (Å²) in [4.78, 5) is 16.1. The number of nitrogens with zero attached hydrogens (tertiary/aromatic N) is 1. The number of nitrogens with one attached hydrogen (secondary N) is 1. The molecule has 3 nitrogen and oxygen atoms in total. The van der Waals surface area contributed by atoms with Gasteiger partial charge in [0, 0.05) is 17.8 Å². The lowest BCUT2D eigenvalue weighted by Gasteiger charge is -2.18. The Labute approximate surface area is 200 Å². The molecule has 0 aliphatic heterocycles. The van der Waals surface area contributed by atoms with E-state index >= 15 is 0 Å². The Kier molecular flexibility index (Phi) is 5.59. The quantitative estimate of drug-likeness (QED) is 0.292. The first kappa shape index (κ1) is 22.7. The molecule has 176 valence electrons. The summed E-state index contributed by atoms with van der Waals surface area (Å²) in [5, 5.41) is 1.08. The lowest BCUT2D eigenvalue weighted by molar-refractivity contribution is -0.137. The van der Waals surface area contributed by atoms with Gasteiger partial charge in [0.25, 0.3) is 5.56 Å². The molecule has 2 aromatic heterocycles. The van der Waals surface area contributed by atoms with Gasteiger partial charge in [-0.2, -0.15) is 13.2 Å². The van der Waals surface area contributed by atoms with Crippen LogP contribution in [0.5, 0.6) is 0 Å². The highest BCUT2D eigenvalue weighted by molar-refractivity contribution is 5.85. The molecule has 0 spiro atoms. The van der Waals surface area contributed by atoms with Crippen molar-refractivity contribution in [2.75, 3.05) is 0 Å². The van der Waals surface area contributed by atoms with Crippen LogP contribution in [-0.2, 0) is 12.7 Å². The predicted octanol–water partition coefficient (Wildman–Crippen LogP) is 7.35. The van der Waals surface area contributed by atoms with Gasteiger partial charge in [-0.1, -0.05) is 54.1 Å². The molecule has 0 saturated carbocycles. The number of aryl methyl sites for hydroxylation is 2. The molecule has 0 aliphatic carbocycles. The maximum Gasteiger partial charge on any atom is 0.416 e. The third-order valence-electron chi connectivity index (χ3n) is 6.35. The van der Waals surface area contributed by atoms with Crippen LogP contribution in [0, 0.1) is 13.8 Å². The zero-order chi connectivity index (χ0) is 24.7. The molecular weight excluding hydrogens is 449 g/mol. The number of rotatable bonds is 4. The first-order chi connectivity index (χ1) is 16.7. The molecule has 0 unspecified atom stereocenters. The molecule has 5 rings (SSSR count). The second kappa shape index (κ2) is 8.62. The van der Waals surface area contributed by atoms with E-state index < -0.39 is 17.3 Å². The van der Waals surface area contributed by atoms with Crippen molar-refractivity contribution < 1.29 is 13.2 Å². The maximum atomic E-state index is 13.6. The van der Waals surface area contributed by atoms with E-state index in [2.05, 4.69) is 11.1 Å². The highest BCUT2D eigenvalue weighted by Gasteiger charge is 2.32. The number of H-pyrrole nitrogens is 1. The number of pyridine rings is 1. The fraction of sp³-hybridized carbons (Fsp3) is 0.138. The van der Waals surface area contributed by atoms with Crippen molar-refractivity contribution in [2.24, 2.45) is 0 Å². The van der Waals surface area contributed by atoms with E-state index in [9.17, 15) is 18.0 Å². The molecule has 0 fully saturated rings. The molecule has 3 aromatic carbocycles. The van der Waals surface area contributed by atoms with Crippen LogP contribution in [0.4, 0.5) is 13.2 Å². The zero-order valence-corrected chi connectivity index (χ0v) is 19.3. The minimum atomic E-state index is -4.61. The zero-order valence-electron chi connectivity index (χ0n) is 19.3. The second-order valence-electron chi connectivity index (χ2n) is 8.84. The molecular formula is C29H23F3N2O. The van der Waals surface area contributed by atoms with Crippen LogP contribution in [0.2, 0.25) is 0 Å². The van der Waals surface area contributed by atoms with E-state index in [1.54, 1.807) is 12.1 Å². The normalized spacial score (nSPS) is 11.8. The van der Waals surface area contributed by atoms with Crippen LogP contribution in [0.3, 0.4) is 0 Å². The molecule has 0 aliphatic rings. The van der Waals surface area contributed by atoms with Gasteiger partial charge in [0.15, 0.2) is 0 Å². The Morgan fingerprint density at radius 1 is 0.800 bits per heavy atom. The largest absolute Gasteiger partial charge is 0.416 e. The first-order valence-corrected chi connectivity index (χ1v) is 11.3. The summed E-state index contributed by atoms with van der Waals surface area (Å²) in [6.07, 6.45) is -2.74. The van der Waals surface area contributed by atoms with Crippen molar-refractivity contribution in [3.8, 4) is 22.4 Å². The van der Waals surface area contributed by atoms with Crippen molar-refractivity contribution in [2.45, 2.75) is 26.6 Å². The van der Waals surface area contributed by atoms with Crippen LogP contribution in [0.1, 0.15) is 22.3 Å². The Morgan fingerprint density at radius 3 is 2.23 bits per heavy atom. The summed E-state index contributed by atoms with van der Waals surface area (Å²) < 4.78 is 42.1. The summed E-state index contributed by atoms with van der Waals surface area (Å²) in [5.74, 6) is 0. The van der Waals surface area contributed by atoms with Crippen molar-refractivity contribution in [1.29, 1.82) is 0 Å². The van der Waals surface area contributed by atoms with E-state index in [1.165, 1.54) is 4.57 Å². The Bertz CT molecular complexity index is 1590. The van der Waals surface area contributed by atoms with Gasteiger partial charge in [0.05, 0.1) is 17.8 Å². The fourth-order valence-electron chi connectivity index (χ4n) is 4.42. The van der Waals surface area contributed by atoms with Gasteiger partial charge in [0.1, 0.15) is 0 Å². The summed E-state index contributed by atoms with van der Waals surface area (Å²) in [5.41, 5.74) is 5.07. The minimum Gasteiger partial charge on any atom is -0.361 e. The van der Waals surface area contributed by atoms with Crippen molar-refractivity contribution in [3.63, 3.8) is 0 Å². The lowest BCUT2D eigenvalue weighted by atomic mass is 10.00. The van der Waals surface area contributed by atoms with Gasteiger partial charge in [0.2, 0.25) is 0 Å². The number of alkyl halides is 3. The van der Waals surface area contributed by atoms with Gasteiger partial charge < -0.3 is 9.55 Å². The number of aromatic amines is 1. The van der Waals surface area contributed by atoms with Gasteiger partial charge in [-0.05, 0) is 71.3 Å². The summed E-state index contributed by atoms with van der Waals surface area (Å²) in [7, 11) is 0. The Morgan fingerprint density at radius 2 is 1.51 bits per heavy atom. The Hall–Kier alpha value is -4.06. The summed E-state index contributed by atoms with van der Waals surface area (Å²) in [6, 6.07) is 22.9. The predicted molar refractivity (Wildman–Crippen MR) is 133 cm³/mol. The van der Waals surface area contributed by atoms with E-state index in [4.69, 9.17) is 0 Å². The number of benzene rings is 3. The molecule has 0 amide bonds. The van der Waals surface area contributed by atoms with Crippen LogP contribution in [0.15, 0.2) is 89.9 Å². The number of aromatic nitrogens is 2. The van der Waals surface area contributed by atoms with Crippen LogP contribution in [-0.4, -0.2) is 9.55 Å². The standard InChI is InChI=1S/C29H23F3N2O/c1-18-3-4-24(19(2)13-18)17-34-27(15-25(16-28(34)35)29(30,31)32)21-7-5-20(6-8-21)22-9-10-26-23(14-22)11-12-33-26/h3-16,33H,17H2,1-2H3. The molecule has 0 saturated heterocycles. The molecule has 2 heterocycles. The van der Waals surface area contributed by atoms with Crippen molar-refractivity contribution >= 4 is 10.9 Å². The fourth-order valence-corrected chi connectivity index (χ4v) is 4.42. The first-order valence-electron chi connectivity index (χ1n) is 11.3. The van der Waals surface area contributed by atoms with Crippen LogP contribution >= 0.6 is 0 Å². The second-order valence-corrected chi connectivity index (χ2v) is 8.84. The third-order valence-corrected chi connectivity index (χ3v) is 6.35. The average Bonchev–Trinajstić information content (AvgIpc) is 3.29. The van der Waals surface area contributed by atoms with Gasteiger partial charge in [-0.15, -0.1) is 0 Å². The number of hydrogen-bond acceptors (Lipinski definition) is 1. The van der Waals surface area contributed by atoms with Crippen LogP contribution < -0.4 is 5.56 Å². The topological polar surface area (TPSA) is 37.8 Å². The van der Waals surface area contributed by atoms with Gasteiger partial charge in [-0.3, -0.25) is 4.79 Å². The molecule has 1 N–H and O–H groups in total. The molecule has 35 heavy (non-hydrogen) atoms.